The van der Waals surface area contributed by atoms with Crippen molar-refractivity contribution in [3.8, 4) is 0 Å². The minimum absolute atomic E-state index is 0.310. The zero-order valence-electron chi connectivity index (χ0n) is 13.5. The number of anilines is 2. The third-order valence-electron chi connectivity index (χ3n) is 3.99. The Kier molecular flexibility index (Phi) is 4.65. The number of hydrogen-bond acceptors (Lipinski definition) is 9. The van der Waals surface area contributed by atoms with Crippen molar-refractivity contribution < 1.29 is 13.2 Å². The van der Waals surface area contributed by atoms with Crippen molar-refractivity contribution in [2.24, 2.45) is 0 Å². The van der Waals surface area contributed by atoms with E-state index >= 15 is 0 Å². The molecule has 3 aromatic heterocycles. The summed E-state index contributed by atoms with van der Waals surface area (Å²) in [5, 5.41) is 7.38. The number of aromatic nitrogens is 4. The first-order chi connectivity index (χ1) is 12.5. The summed E-state index contributed by atoms with van der Waals surface area (Å²) in [6.07, 6.45) is -0.864. The van der Waals surface area contributed by atoms with E-state index < -0.39 is 11.2 Å². The molecular formula is C14H13F3N6S3. The molecule has 0 aliphatic carbocycles. The summed E-state index contributed by atoms with van der Waals surface area (Å²) < 4.78 is 39.3. The minimum atomic E-state index is -4.45. The van der Waals surface area contributed by atoms with E-state index in [2.05, 4.69) is 31.1 Å². The normalized spacial score (nSPS) is 15.8. The van der Waals surface area contributed by atoms with E-state index in [9.17, 15) is 13.2 Å². The first kappa shape index (κ1) is 17.7. The van der Waals surface area contributed by atoms with E-state index in [0.29, 0.717) is 42.6 Å². The fraction of sp³-hybridized carbons (Fsp3) is 0.429. The van der Waals surface area contributed by atoms with Crippen molar-refractivity contribution in [1.82, 2.24) is 20.2 Å². The maximum absolute atomic E-state index is 12.7. The molecule has 1 aliphatic rings. The molecule has 138 valence electrons. The number of rotatable bonds is 3. The van der Waals surface area contributed by atoms with Crippen LogP contribution in [0.5, 0.6) is 0 Å². The predicted molar refractivity (Wildman–Crippen MR) is 98.5 cm³/mol. The van der Waals surface area contributed by atoms with Crippen LogP contribution < -0.4 is 9.80 Å². The Morgan fingerprint density at radius 3 is 2.42 bits per heavy atom. The molecule has 6 nitrogen and oxygen atoms in total. The van der Waals surface area contributed by atoms with Gasteiger partial charge in [0.1, 0.15) is 17.0 Å². The van der Waals surface area contributed by atoms with Crippen molar-refractivity contribution >= 4 is 55.6 Å². The lowest BCUT2D eigenvalue weighted by Crippen LogP contribution is -2.46. The van der Waals surface area contributed by atoms with Crippen LogP contribution >= 0.6 is 34.4 Å². The molecule has 3 aromatic rings. The summed E-state index contributed by atoms with van der Waals surface area (Å²) in [5.74, 6) is 0.874. The molecule has 26 heavy (non-hydrogen) atoms. The van der Waals surface area contributed by atoms with Gasteiger partial charge in [0.15, 0.2) is 0 Å². The van der Waals surface area contributed by atoms with Crippen LogP contribution in [0.4, 0.5) is 24.1 Å². The van der Waals surface area contributed by atoms with Crippen LogP contribution in [0.3, 0.4) is 0 Å². The average Bonchev–Trinajstić information content (AvgIpc) is 3.28. The standard InChI is InChI=1S/C14H13F3N6S3/c1-24-9-6-8-10(18-7-19-11(8)25-9)22-2-4-23(5-3-22)13-21-20-12(26-13)14(15,16)17/h6-7H,2-5H2,1H3. The molecule has 4 heterocycles. The van der Waals surface area contributed by atoms with Gasteiger partial charge in [-0.1, -0.05) is 11.3 Å². The summed E-state index contributed by atoms with van der Waals surface area (Å²) in [4.78, 5) is 13.7. The van der Waals surface area contributed by atoms with Gasteiger partial charge in [0, 0.05) is 26.2 Å². The maximum Gasteiger partial charge on any atom is 0.445 e. The van der Waals surface area contributed by atoms with E-state index in [1.807, 2.05) is 11.2 Å². The number of alkyl halides is 3. The molecular weight excluding hydrogens is 405 g/mol. The van der Waals surface area contributed by atoms with E-state index in [0.717, 1.165) is 16.0 Å². The predicted octanol–water partition coefficient (Wildman–Crippen LogP) is 3.61. The van der Waals surface area contributed by atoms with Gasteiger partial charge in [-0.05, 0) is 12.3 Å². The zero-order valence-corrected chi connectivity index (χ0v) is 16.0. The third kappa shape index (κ3) is 3.32. The summed E-state index contributed by atoms with van der Waals surface area (Å²) in [7, 11) is 0. The Balaban J connectivity index is 1.50. The van der Waals surface area contributed by atoms with Crippen LogP contribution in [-0.4, -0.2) is 52.6 Å². The molecule has 0 amide bonds. The average molecular weight is 418 g/mol. The zero-order chi connectivity index (χ0) is 18.3. The van der Waals surface area contributed by atoms with Crippen LogP contribution in [0.2, 0.25) is 0 Å². The largest absolute Gasteiger partial charge is 0.445 e. The topological polar surface area (TPSA) is 58.0 Å². The van der Waals surface area contributed by atoms with Gasteiger partial charge in [-0.15, -0.1) is 33.3 Å². The van der Waals surface area contributed by atoms with Gasteiger partial charge in [-0.2, -0.15) is 13.2 Å². The van der Waals surface area contributed by atoms with E-state index in [4.69, 9.17) is 0 Å². The van der Waals surface area contributed by atoms with Crippen LogP contribution in [0.25, 0.3) is 10.2 Å². The Morgan fingerprint density at radius 2 is 1.77 bits per heavy atom. The van der Waals surface area contributed by atoms with Crippen molar-refractivity contribution in [2.45, 2.75) is 10.4 Å². The highest BCUT2D eigenvalue weighted by atomic mass is 32.2. The number of nitrogens with zero attached hydrogens (tertiary/aromatic N) is 6. The molecule has 12 heteroatoms. The molecule has 0 saturated carbocycles. The van der Waals surface area contributed by atoms with E-state index in [1.54, 1.807) is 29.4 Å². The van der Waals surface area contributed by atoms with Gasteiger partial charge in [-0.3, -0.25) is 0 Å². The Hall–Kier alpha value is -1.66. The molecule has 1 saturated heterocycles. The molecule has 0 radical (unpaired) electrons. The summed E-state index contributed by atoms with van der Waals surface area (Å²) >= 11 is 3.89. The lowest BCUT2D eigenvalue weighted by molar-refractivity contribution is -0.138. The quantitative estimate of drug-likeness (QED) is 0.602. The van der Waals surface area contributed by atoms with Crippen molar-refractivity contribution in [3.63, 3.8) is 0 Å². The monoisotopic (exact) mass is 418 g/mol. The lowest BCUT2D eigenvalue weighted by atomic mass is 10.3. The Labute approximate surface area is 159 Å². The minimum Gasteiger partial charge on any atom is -0.352 e. The molecule has 0 aromatic carbocycles. The third-order valence-corrected chi connectivity index (χ3v) is 7.13. The lowest BCUT2D eigenvalue weighted by Gasteiger charge is -2.35. The molecule has 0 unspecified atom stereocenters. The number of piperazine rings is 1. The first-order valence-corrected chi connectivity index (χ1v) is 10.5. The summed E-state index contributed by atoms with van der Waals surface area (Å²) in [6, 6.07) is 2.09. The summed E-state index contributed by atoms with van der Waals surface area (Å²) in [5.41, 5.74) is 0. The van der Waals surface area contributed by atoms with Gasteiger partial charge in [0.2, 0.25) is 10.1 Å². The molecule has 0 spiro atoms. The van der Waals surface area contributed by atoms with Crippen LogP contribution in [0.15, 0.2) is 16.6 Å². The van der Waals surface area contributed by atoms with Gasteiger partial charge >= 0.3 is 6.18 Å². The second kappa shape index (κ2) is 6.82. The van der Waals surface area contributed by atoms with Gasteiger partial charge in [0.25, 0.3) is 0 Å². The summed E-state index contributed by atoms with van der Waals surface area (Å²) in [6.45, 7) is 2.43. The maximum atomic E-state index is 12.7. The molecule has 1 fully saturated rings. The van der Waals surface area contributed by atoms with Crippen molar-refractivity contribution in [1.29, 1.82) is 0 Å². The number of thioether (sulfide) groups is 1. The van der Waals surface area contributed by atoms with Gasteiger partial charge in [-0.25, -0.2) is 9.97 Å². The molecule has 1 aliphatic heterocycles. The number of fused-ring (bicyclic) bond motifs is 1. The molecule has 0 atom stereocenters. The first-order valence-electron chi connectivity index (χ1n) is 7.65. The number of thiophene rings is 1. The number of halogens is 3. The van der Waals surface area contributed by atoms with Crippen molar-refractivity contribution in [2.75, 3.05) is 42.2 Å². The smallest absolute Gasteiger partial charge is 0.352 e. The van der Waals surface area contributed by atoms with Crippen LogP contribution in [0.1, 0.15) is 5.01 Å². The number of hydrogen-bond donors (Lipinski definition) is 0. The molecule has 4 rings (SSSR count). The van der Waals surface area contributed by atoms with Crippen LogP contribution in [-0.2, 0) is 6.18 Å². The second-order valence-electron chi connectivity index (χ2n) is 5.55. The van der Waals surface area contributed by atoms with Crippen LogP contribution in [0, 0.1) is 0 Å². The Morgan fingerprint density at radius 1 is 1.04 bits per heavy atom. The van der Waals surface area contributed by atoms with Gasteiger partial charge < -0.3 is 9.80 Å². The van der Waals surface area contributed by atoms with E-state index in [-0.39, 0.29) is 0 Å². The molecule has 0 N–H and O–H groups in total. The fourth-order valence-corrected chi connectivity index (χ4v) is 5.04. The SMILES string of the molecule is CSc1cc2c(N3CCN(c4nnc(C(F)(F)F)s4)CC3)ncnc2s1. The highest BCUT2D eigenvalue weighted by Gasteiger charge is 2.36. The fourth-order valence-electron chi connectivity index (χ4n) is 2.74. The highest BCUT2D eigenvalue weighted by molar-refractivity contribution is 8.00. The Bertz CT molecular complexity index is 916. The van der Waals surface area contributed by atoms with Crippen molar-refractivity contribution in [3.05, 3.63) is 17.4 Å². The van der Waals surface area contributed by atoms with Gasteiger partial charge in [0.05, 0.1) is 9.60 Å². The second-order valence-corrected chi connectivity index (χ2v) is 8.64. The van der Waals surface area contributed by atoms with E-state index in [1.165, 1.54) is 4.21 Å². The highest BCUT2D eigenvalue weighted by Crippen LogP contribution is 2.36. The molecule has 0 bridgehead atoms.